The summed E-state index contributed by atoms with van der Waals surface area (Å²) in [6.07, 6.45) is -0.146. The van der Waals surface area contributed by atoms with Gasteiger partial charge >= 0.3 is 23.3 Å². The van der Waals surface area contributed by atoms with E-state index in [1.807, 2.05) is 31.2 Å². The maximum absolute atomic E-state index is 13.3. The van der Waals surface area contributed by atoms with Crippen LogP contribution in [0.1, 0.15) is 52.2 Å². The molecule has 0 fully saturated rings. The first-order chi connectivity index (χ1) is 15.8. The van der Waals surface area contributed by atoms with Crippen LogP contribution in [0.4, 0.5) is 0 Å². The lowest BCUT2D eigenvalue weighted by molar-refractivity contribution is -0.157. The number of carbonyl (C=O) groups is 2. The minimum absolute atomic E-state index is 0.0468. The van der Waals surface area contributed by atoms with E-state index in [2.05, 4.69) is 14.7 Å². The summed E-state index contributed by atoms with van der Waals surface area (Å²) >= 11 is 0. The maximum atomic E-state index is 13.3. The second kappa shape index (κ2) is 11.1. The second-order valence-corrected chi connectivity index (χ2v) is 9.44. The molecule has 0 aliphatic heterocycles. The number of hydrogen-bond acceptors (Lipinski definition) is 7. The standard InChI is InChI=1S/C24H34N4O6/c1-15(2)19(20(30)34-24(4,5)6)25-21-26-22(31)27(13-12-18(29)33-7)23(32)28(21)14-17-10-8-16(3)9-11-17/h8-11,15,19H,12-14H2,1-7H3,(H,25,26,31)/t19-/m0/s1. The molecule has 186 valence electrons. The van der Waals surface area contributed by atoms with Gasteiger partial charge in [0.15, 0.2) is 6.04 Å². The number of H-pyrrole nitrogens is 1. The lowest BCUT2D eigenvalue weighted by atomic mass is 10.1. The number of rotatable bonds is 8. The molecule has 2 aromatic rings. The molecule has 0 saturated heterocycles. The average molecular weight is 475 g/mol. The number of nitrogens with one attached hydrogen (secondary N) is 1. The SMILES string of the molecule is COC(=O)CCn1c(=O)[nH]/c(=N\[C@H](C(=O)OC(C)(C)C)C(C)C)n(Cc2ccc(C)cc2)c1=O. The van der Waals surface area contributed by atoms with Crippen molar-refractivity contribution in [1.29, 1.82) is 0 Å². The molecule has 0 aliphatic rings. The van der Waals surface area contributed by atoms with Crippen molar-refractivity contribution in [2.24, 2.45) is 10.9 Å². The van der Waals surface area contributed by atoms with E-state index in [1.165, 1.54) is 11.7 Å². The molecule has 0 aliphatic carbocycles. The van der Waals surface area contributed by atoms with Gasteiger partial charge < -0.3 is 9.47 Å². The van der Waals surface area contributed by atoms with E-state index < -0.39 is 35.0 Å². The number of carbonyl (C=O) groups excluding carboxylic acids is 2. The van der Waals surface area contributed by atoms with Gasteiger partial charge in [-0.15, -0.1) is 0 Å². The maximum Gasteiger partial charge on any atom is 0.335 e. The molecule has 10 heteroatoms. The minimum atomic E-state index is -0.940. The van der Waals surface area contributed by atoms with Crippen LogP contribution in [0.2, 0.25) is 0 Å². The normalized spacial score (nSPS) is 13.1. The van der Waals surface area contributed by atoms with Crippen molar-refractivity contribution in [2.45, 2.75) is 72.7 Å². The summed E-state index contributed by atoms with van der Waals surface area (Å²) in [7, 11) is 1.23. The molecule has 34 heavy (non-hydrogen) atoms. The molecule has 0 spiro atoms. The Morgan fingerprint density at radius 2 is 1.71 bits per heavy atom. The first-order valence-corrected chi connectivity index (χ1v) is 11.2. The highest BCUT2D eigenvalue weighted by molar-refractivity contribution is 5.76. The molecule has 10 nitrogen and oxygen atoms in total. The number of methoxy groups -OCH3 is 1. The lowest BCUT2D eigenvalue weighted by Gasteiger charge is -2.24. The molecule has 1 atom stereocenters. The summed E-state index contributed by atoms with van der Waals surface area (Å²) in [4.78, 5) is 57.5. The summed E-state index contributed by atoms with van der Waals surface area (Å²) in [6, 6.07) is 6.61. The van der Waals surface area contributed by atoms with Gasteiger partial charge in [-0.2, -0.15) is 0 Å². The Morgan fingerprint density at radius 3 is 2.24 bits per heavy atom. The molecular weight excluding hydrogens is 440 g/mol. The predicted octanol–water partition coefficient (Wildman–Crippen LogP) is 1.52. The Kier molecular flexibility index (Phi) is 8.78. The van der Waals surface area contributed by atoms with Gasteiger partial charge in [-0.3, -0.25) is 14.3 Å². The molecule has 1 N–H and O–H groups in total. The second-order valence-electron chi connectivity index (χ2n) is 9.44. The Bertz CT molecular complexity index is 1200. The third-order valence-corrected chi connectivity index (χ3v) is 4.95. The van der Waals surface area contributed by atoms with Gasteiger partial charge in [0.25, 0.3) is 0 Å². The molecule has 1 aromatic heterocycles. The van der Waals surface area contributed by atoms with Crippen molar-refractivity contribution in [1.82, 2.24) is 14.1 Å². The number of nitrogens with zero attached hydrogens (tertiary/aromatic N) is 3. The Labute approximate surface area is 198 Å². The smallest absolute Gasteiger partial charge is 0.335 e. The van der Waals surface area contributed by atoms with Crippen molar-refractivity contribution in [3.8, 4) is 0 Å². The molecular formula is C24H34N4O6. The van der Waals surface area contributed by atoms with Crippen LogP contribution in [0.25, 0.3) is 0 Å². The van der Waals surface area contributed by atoms with Crippen molar-refractivity contribution in [2.75, 3.05) is 7.11 Å². The van der Waals surface area contributed by atoms with Crippen LogP contribution < -0.4 is 17.0 Å². The monoisotopic (exact) mass is 474 g/mol. The van der Waals surface area contributed by atoms with Gasteiger partial charge in [0.1, 0.15) is 5.60 Å². The summed E-state index contributed by atoms with van der Waals surface area (Å²) in [5.41, 5.74) is -0.301. The highest BCUT2D eigenvalue weighted by atomic mass is 16.6. The van der Waals surface area contributed by atoms with Gasteiger partial charge in [0.05, 0.1) is 20.1 Å². The zero-order valence-electron chi connectivity index (χ0n) is 20.9. The largest absolute Gasteiger partial charge is 0.469 e. The van der Waals surface area contributed by atoms with Crippen molar-refractivity contribution in [3.05, 3.63) is 62.0 Å². The fourth-order valence-electron chi connectivity index (χ4n) is 3.14. The van der Waals surface area contributed by atoms with Gasteiger partial charge in [0.2, 0.25) is 5.62 Å². The highest BCUT2D eigenvalue weighted by Gasteiger charge is 2.28. The van der Waals surface area contributed by atoms with Crippen molar-refractivity contribution < 1.29 is 19.1 Å². The first-order valence-electron chi connectivity index (χ1n) is 11.2. The number of esters is 2. The van der Waals surface area contributed by atoms with Crippen molar-refractivity contribution >= 4 is 11.9 Å². The molecule has 0 bridgehead atoms. The van der Waals surface area contributed by atoms with E-state index in [4.69, 9.17) is 4.74 Å². The lowest BCUT2D eigenvalue weighted by Crippen LogP contribution is -2.51. The Morgan fingerprint density at radius 1 is 1.09 bits per heavy atom. The topological polar surface area (TPSA) is 125 Å². The quantitative estimate of drug-likeness (QED) is 0.579. The molecule has 0 unspecified atom stereocenters. The molecule has 1 heterocycles. The van der Waals surface area contributed by atoms with E-state index in [-0.39, 0.29) is 31.0 Å². The summed E-state index contributed by atoms with van der Waals surface area (Å²) in [5.74, 6) is -1.36. The van der Waals surface area contributed by atoms with Crippen molar-refractivity contribution in [3.63, 3.8) is 0 Å². The fourth-order valence-corrected chi connectivity index (χ4v) is 3.14. The number of benzene rings is 1. The van der Waals surface area contributed by atoms with E-state index in [0.29, 0.717) is 0 Å². The van der Waals surface area contributed by atoms with Crippen LogP contribution in [0.5, 0.6) is 0 Å². The number of ether oxygens (including phenoxy) is 2. The Balaban J connectivity index is 2.67. The molecule has 0 radical (unpaired) electrons. The summed E-state index contributed by atoms with van der Waals surface area (Å²) < 4.78 is 12.3. The van der Waals surface area contributed by atoms with Gasteiger partial charge in [0, 0.05) is 6.54 Å². The Hall–Kier alpha value is -3.43. The molecule has 2 rings (SSSR count). The zero-order chi connectivity index (χ0) is 25.6. The van der Waals surface area contributed by atoms with Crippen LogP contribution in [-0.2, 0) is 32.2 Å². The summed E-state index contributed by atoms with van der Waals surface area (Å²) in [6.45, 7) is 10.8. The minimum Gasteiger partial charge on any atom is -0.469 e. The number of aromatic amines is 1. The highest BCUT2D eigenvalue weighted by Crippen LogP contribution is 2.14. The van der Waals surface area contributed by atoms with Gasteiger partial charge in [-0.05, 0) is 39.2 Å². The van der Waals surface area contributed by atoms with E-state index in [9.17, 15) is 19.2 Å². The molecule has 1 aromatic carbocycles. The molecule has 0 saturated carbocycles. The number of hydrogen-bond donors (Lipinski definition) is 1. The zero-order valence-corrected chi connectivity index (χ0v) is 20.9. The van der Waals surface area contributed by atoms with Crippen LogP contribution in [0, 0.1) is 12.8 Å². The predicted molar refractivity (Wildman–Crippen MR) is 126 cm³/mol. The average Bonchev–Trinajstić information content (AvgIpc) is 2.73. The van der Waals surface area contributed by atoms with E-state index in [0.717, 1.165) is 15.7 Å². The first kappa shape index (κ1) is 26.8. The third-order valence-electron chi connectivity index (χ3n) is 4.95. The third kappa shape index (κ3) is 7.29. The van der Waals surface area contributed by atoms with Gasteiger partial charge in [-0.1, -0.05) is 43.7 Å². The van der Waals surface area contributed by atoms with Crippen LogP contribution >= 0.6 is 0 Å². The van der Waals surface area contributed by atoms with E-state index >= 15 is 0 Å². The van der Waals surface area contributed by atoms with Crippen LogP contribution in [0.3, 0.4) is 0 Å². The van der Waals surface area contributed by atoms with Gasteiger partial charge in [-0.25, -0.2) is 23.9 Å². The summed E-state index contributed by atoms with van der Waals surface area (Å²) in [5, 5.41) is 0. The number of aryl methyl sites for hydroxylation is 1. The van der Waals surface area contributed by atoms with Crippen LogP contribution in [0.15, 0.2) is 38.8 Å². The number of aromatic nitrogens is 3. The fraction of sp³-hybridized carbons (Fsp3) is 0.542. The van der Waals surface area contributed by atoms with Crippen LogP contribution in [-0.4, -0.2) is 44.8 Å². The van der Waals surface area contributed by atoms with E-state index in [1.54, 1.807) is 34.6 Å². The molecule has 0 amide bonds.